The van der Waals surface area contributed by atoms with Crippen LogP contribution in [0.15, 0.2) is 47.4 Å². The topological polar surface area (TPSA) is 71.4 Å². The molecule has 2 aromatic carbocycles. The van der Waals surface area contributed by atoms with Gasteiger partial charge < -0.3 is 5.11 Å². The van der Waals surface area contributed by atoms with Crippen LogP contribution in [0.25, 0.3) is 0 Å². The van der Waals surface area contributed by atoms with Crippen LogP contribution in [0, 0.1) is 17.7 Å². The molecule has 202 valence electrons. The molecule has 5 atom stereocenters. The van der Waals surface area contributed by atoms with Crippen LogP contribution in [0.3, 0.4) is 0 Å². The molecule has 0 radical (unpaired) electrons. The predicted molar refractivity (Wildman–Crippen MR) is 127 cm³/mol. The minimum Gasteiger partial charge on any atom is -0.393 e. The molecule has 1 N–H and O–H groups in total. The summed E-state index contributed by atoms with van der Waals surface area (Å²) in [6.07, 6.45) is -4.99. The zero-order valence-electron chi connectivity index (χ0n) is 20.5. The van der Waals surface area contributed by atoms with Crippen LogP contribution in [0.5, 0.6) is 0 Å². The van der Waals surface area contributed by atoms with Gasteiger partial charge in [-0.25, -0.2) is 17.2 Å². The van der Waals surface area contributed by atoms with Gasteiger partial charge in [-0.15, -0.1) is 0 Å². The van der Waals surface area contributed by atoms with E-state index in [9.17, 15) is 40.3 Å². The molecule has 2 aromatic rings. The monoisotopic (exact) mass is 544 g/mol. The van der Waals surface area contributed by atoms with Crippen LogP contribution in [0.1, 0.15) is 62.6 Å². The second kappa shape index (κ2) is 9.45. The van der Waals surface area contributed by atoms with E-state index in [2.05, 4.69) is 0 Å². The lowest BCUT2D eigenvalue weighted by molar-refractivity contribution is -0.228. The summed E-state index contributed by atoms with van der Waals surface area (Å²) in [6.45, 7) is 1.93. The molecule has 4 nitrogen and oxygen atoms in total. The zero-order chi connectivity index (χ0) is 27.4. The number of halogens is 5. The maximum atomic E-state index is 14.8. The van der Waals surface area contributed by atoms with E-state index in [-0.39, 0.29) is 48.7 Å². The molecular weight excluding hydrogens is 515 g/mol. The molecular formula is C27H29F5O4S. The van der Waals surface area contributed by atoms with Crippen molar-refractivity contribution < 1.29 is 40.3 Å². The lowest BCUT2D eigenvalue weighted by atomic mass is 9.72. The highest BCUT2D eigenvalue weighted by atomic mass is 32.2. The van der Waals surface area contributed by atoms with E-state index in [1.807, 2.05) is 0 Å². The molecule has 0 aromatic heterocycles. The van der Waals surface area contributed by atoms with Gasteiger partial charge >= 0.3 is 6.18 Å². The lowest BCUT2D eigenvalue weighted by Gasteiger charge is -2.43. The molecule has 0 amide bonds. The fourth-order valence-electron chi connectivity index (χ4n) is 6.20. The van der Waals surface area contributed by atoms with Crippen molar-refractivity contribution in [2.24, 2.45) is 11.8 Å². The smallest absolute Gasteiger partial charge is 0.393 e. The van der Waals surface area contributed by atoms with Gasteiger partial charge in [0.05, 0.1) is 11.0 Å². The fourth-order valence-corrected chi connectivity index (χ4v) is 8.70. The Morgan fingerprint density at radius 2 is 1.76 bits per heavy atom. The number of alkyl halides is 4. The summed E-state index contributed by atoms with van der Waals surface area (Å²) < 4.78 is 95.4. The summed E-state index contributed by atoms with van der Waals surface area (Å²) in [6, 6.07) is 7.75. The van der Waals surface area contributed by atoms with Crippen molar-refractivity contribution in [1.82, 2.24) is 0 Å². The van der Waals surface area contributed by atoms with Crippen LogP contribution in [0.2, 0.25) is 0 Å². The maximum Gasteiger partial charge on any atom is 0.426 e. The lowest BCUT2D eigenvalue weighted by Crippen LogP contribution is -2.45. The number of sulfone groups is 1. The fraction of sp³-hybridized carbons (Fsp3) is 0.519. The van der Waals surface area contributed by atoms with Crippen molar-refractivity contribution in [3.63, 3.8) is 0 Å². The molecule has 0 bridgehead atoms. The molecule has 37 heavy (non-hydrogen) atoms. The summed E-state index contributed by atoms with van der Waals surface area (Å²) in [5.74, 6) is -1.67. The van der Waals surface area contributed by atoms with Gasteiger partial charge in [-0.1, -0.05) is 18.2 Å². The SMILES string of the molecule is C[C@H](O)CC(=O)C[C@@H]1CC[C@@]2(S(=O)(=O)c3ccc(F)cc3)c3ccc(C(C)(F)C(F)(F)F)cc3CC[C@@H]12. The Kier molecular flexibility index (Phi) is 7.07. The van der Waals surface area contributed by atoms with Crippen LogP contribution in [-0.4, -0.2) is 31.6 Å². The molecule has 10 heteroatoms. The third-order valence-corrected chi connectivity index (χ3v) is 10.6. The van der Waals surface area contributed by atoms with E-state index in [4.69, 9.17) is 0 Å². The molecule has 2 aliphatic rings. The molecule has 1 unspecified atom stereocenters. The highest BCUT2D eigenvalue weighted by molar-refractivity contribution is 7.92. The molecule has 4 rings (SSSR count). The van der Waals surface area contributed by atoms with Crippen molar-refractivity contribution in [3.05, 3.63) is 65.0 Å². The summed E-state index contributed by atoms with van der Waals surface area (Å²) in [4.78, 5) is 12.4. The number of carbonyl (C=O) groups excluding carboxylic acids is 1. The highest BCUT2D eigenvalue weighted by Gasteiger charge is 2.61. The summed E-state index contributed by atoms with van der Waals surface area (Å²) >= 11 is 0. The Labute approximate surface area is 212 Å². The van der Waals surface area contributed by atoms with Crippen LogP contribution < -0.4 is 0 Å². The quantitative estimate of drug-likeness (QED) is 0.346. The van der Waals surface area contributed by atoms with Gasteiger partial charge in [-0.2, -0.15) is 13.2 Å². The van der Waals surface area contributed by atoms with E-state index in [1.54, 1.807) is 0 Å². The van der Waals surface area contributed by atoms with Crippen LogP contribution >= 0.6 is 0 Å². The molecule has 0 aliphatic heterocycles. The average molecular weight is 545 g/mol. The van der Waals surface area contributed by atoms with E-state index in [0.717, 1.165) is 36.4 Å². The molecule has 0 saturated heterocycles. The van der Waals surface area contributed by atoms with E-state index >= 15 is 0 Å². The van der Waals surface area contributed by atoms with Gasteiger partial charge in [-0.05, 0) is 92.3 Å². The second-order valence-electron chi connectivity index (χ2n) is 10.5. The molecule has 1 saturated carbocycles. The number of hydrogen-bond donors (Lipinski definition) is 1. The van der Waals surface area contributed by atoms with Crippen LogP contribution in [-0.2, 0) is 31.5 Å². The first-order valence-corrected chi connectivity index (χ1v) is 13.7. The van der Waals surface area contributed by atoms with Gasteiger partial charge in [0.15, 0.2) is 9.84 Å². The largest absolute Gasteiger partial charge is 0.426 e. The normalized spacial score (nSPS) is 26.2. The number of ketones is 1. The third-order valence-electron chi connectivity index (χ3n) is 8.03. The third kappa shape index (κ3) is 4.60. The second-order valence-corrected chi connectivity index (χ2v) is 12.7. The van der Waals surface area contributed by atoms with Crippen LogP contribution in [0.4, 0.5) is 22.0 Å². The number of carbonyl (C=O) groups is 1. The zero-order valence-corrected chi connectivity index (χ0v) is 21.3. The molecule has 0 heterocycles. The van der Waals surface area contributed by atoms with Crippen molar-refractivity contribution >= 4 is 15.6 Å². The van der Waals surface area contributed by atoms with Gasteiger partial charge in [0.25, 0.3) is 0 Å². The minimum atomic E-state index is -5.15. The summed E-state index contributed by atoms with van der Waals surface area (Å²) in [7, 11) is -4.20. The molecule has 0 spiro atoms. The first-order valence-electron chi connectivity index (χ1n) is 12.2. The Balaban J connectivity index is 1.86. The Hall–Kier alpha value is -2.33. The van der Waals surface area contributed by atoms with Gasteiger partial charge in [0.2, 0.25) is 5.67 Å². The predicted octanol–water partition coefficient (Wildman–Crippen LogP) is 5.94. The van der Waals surface area contributed by atoms with E-state index in [0.29, 0.717) is 24.5 Å². The Morgan fingerprint density at radius 1 is 1.11 bits per heavy atom. The minimum absolute atomic E-state index is 0.0621. The van der Waals surface area contributed by atoms with Crippen molar-refractivity contribution in [1.29, 1.82) is 0 Å². The summed E-state index contributed by atoms with van der Waals surface area (Å²) in [5.41, 5.74) is -3.59. The number of Topliss-reactive ketones (excluding diaryl/α,β-unsaturated/α-hetero) is 1. The van der Waals surface area contributed by atoms with Crippen molar-refractivity contribution in [3.8, 4) is 0 Å². The number of aryl methyl sites for hydroxylation is 1. The summed E-state index contributed by atoms with van der Waals surface area (Å²) in [5, 5.41) is 9.60. The maximum absolute atomic E-state index is 14.8. The molecule has 1 fully saturated rings. The number of aliphatic hydroxyl groups is 1. The Bertz CT molecular complexity index is 1280. The number of aliphatic hydroxyl groups excluding tert-OH is 1. The van der Waals surface area contributed by atoms with Crippen molar-refractivity contribution in [2.75, 3.05) is 0 Å². The Morgan fingerprint density at radius 3 is 2.35 bits per heavy atom. The highest BCUT2D eigenvalue weighted by Crippen LogP contribution is 2.60. The van der Waals surface area contributed by atoms with E-state index in [1.165, 1.54) is 13.0 Å². The molecule has 2 aliphatic carbocycles. The standard InChI is InChI=1S/C27H29F5O4S/c1-16(33)13-21(34)15-18-11-12-26(37(35,36)22-7-5-20(28)6-8-22)23(18)9-3-17-14-19(4-10-24(17)26)25(2,29)27(30,31)32/h4-8,10,14,16,18,23,33H,3,9,11-13,15H2,1-2H3/t16-,18-,23-,25?,26-/m0/s1. The van der Waals surface area contributed by atoms with Gasteiger partial charge in [-0.3, -0.25) is 4.79 Å². The van der Waals surface area contributed by atoms with E-state index < -0.39 is 49.8 Å². The number of rotatable bonds is 7. The first-order chi connectivity index (χ1) is 17.1. The van der Waals surface area contributed by atoms with Gasteiger partial charge in [0, 0.05) is 12.8 Å². The average Bonchev–Trinajstić information content (AvgIpc) is 3.17. The number of hydrogen-bond acceptors (Lipinski definition) is 4. The number of fused-ring (bicyclic) bond motifs is 3. The van der Waals surface area contributed by atoms with Crippen molar-refractivity contribution in [2.45, 2.75) is 80.0 Å². The number of benzene rings is 2. The van der Waals surface area contributed by atoms with Gasteiger partial charge in [0.1, 0.15) is 16.3 Å². The first kappa shape index (κ1) is 27.7.